The van der Waals surface area contributed by atoms with Gasteiger partial charge in [0.1, 0.15) is 0 Å². The van der Waals surface area contributed by atoms with Gasteiger partial charge in [0.15, 0.2) is 0 Å². The first-order chi connectivity index (χ1) is 5.47. The lowest BCUT2D eigenvalue weighted by atomic mass is 10.1. The minimum Gasteiger partial charge on any atom is -0.154 e. The summed E-state index contributed by atoms with van der Waals surface area (Å²) in [5.41, 5.74) is 1.48. The summed E-state index contributed by atoms with van der Waals surface area (Å²) in [6.07, 6.45) is 2.74. The molecular weight excluding hydrogens is 152 g/mol. The molecule has 2 rings (SSSR count). The van der Waals surface area contributed by atoms with Gasteiger partial charge < -0.3 is 0 Å². The Morgan fingerprint density at radius 2 is 2.18 bits per heavy atom. The van der Waals surface area contributed by atoms with Crippen molar-refractivity contribution in [3.05, 3.63) is 35.9 Å². The molecule has 11 heavy (non-hydrogen) atoms. The van der Waals surface area contributed by atoms with Gasteiger partial charge in [-0.3, -0.25) is 0 Å². The lowest BCUT2D eigenvalue weighted by Gasteiger charge is -2.06. The Morgan fingerprint density at radius 1 is 1.36 bits per heavy atom. The van der Waals surface area contributed by atoms with E-state index in [1.807, 2.05) is 12.1 Å². The quantitative estimate of drug-likeness (QED) is 0.613. The normalized spacial score (nSPS) is 23.8. The van der Waals surface area contributed by atoms with E-state index < -0.39 is 0 Å². The summed E-state index contributed by atoms with van der Waals surface area (Å²) < 4.78 is 0. The molecule has 1 unspecified atom stereocenters. The van der Waals surface area contributed by atoms with Crippen LogP contribution >= 0.6 is 11.8 Å². The van der Waals surface area contributed by atoms with Gasteiger partial charge in [0.25, 0.3) is 0 Å². The minimum absolute atomic E-state index is 0.768. The Balaban J connectivity index is 2.16. The second kappa shape index (κ2) is 3.31. The fourth-order valence-corrected chi connectivity index (χ4v) is 2.76. The molecule has 0 amide bonds. The lowest BCUT2D eigenvalue weighted by molar-refractivity contribution is 0.829. The van der Waals surface area contributed by atoms with E-state index in [0.29, 0.717) is 0 Å². The van der Waals surface area contributed by atoms with Gasteiger partial charge >= 0.3 is 0 Å². The molecule has 0 N–H and O–H groups in total. The van der Waals surface area contributed by atoms with Crippen molar-refractivity contribution in [1.82, 2.24) is 0 Å². The van der Waals surface area contributed by atoms with E-state index in [4.69, 9.17) is 0 Å². The van der Waals surface area contributed by atoms with Crippen molar-refractivity contribution >= 4 is 11.8 Å². The first-order valence-corrected chi connectivity index (χ1v) is 5.09. The molecule has 1 atom stereocenters. The average molecular weight is 163 g/mol. The maximum atomic E-state index is 3.05. The molecule has 1 saturated heterocycles. The van der Waals surface area contributed by atoms with E-state index in [9.17, 15) is 0 Å². The highest BCUT2D eigenvalue weighted by Gasteiger charge is 2.16. The van der Waals surface area contributed by atoms with Crippen molar-refractivity contribution in [2.24, 2.45) is 0 Å². The van der Waals surface area contributed by atoms with Gasteiger partial charge in [-0.1, -0.05) is 24.3 Å². The zero-order valence-corrected chi connectivity index (χ0v) is 7.23. The molecule has 0 aromatic heterocycles. The fourth-order valence-electron chi connectivity index (χ4n) is 1.45. The van der Waals surface area contributed by atoms with Gasteiger partial charge in [-0.25, -0.2) is 0 Å². The van der Waals surface area contributed by atoms with Crippen LogP contribution in [0.5, 0.6) is 0 Å². The number of benzene rings is 1. The summed E-state index contributed by atoms with van der Waals surface area (Å²) in [6, 6.07) is 11.4. The molecule has 1 heterocycles. The van der Waals surface area contributed by atoms with Gasteiger partial charge in [0, 0.05) is 5.25 Å². The number of rotatable bonds is 1. The molecular formula is C10H11S. The van der Waals surface area contributed by atoms with E-state index >= 15 is 0 Å². The van der Waals surface area contributed by atoms with Crippen molar-refractivity contribution in [1.29, 1.82) is 0 Å². The Hall–Kier alpha value is -0.430. The third-order valence-electron chi connectivity index (χ3n) is 2.05. The topological polar surface area (TPSA) is 0 Å². The van der Waals surface area contributed by atoms with Crippen molar-refractivity contribution in [3.63, 3.8) is 0 Å². The van der Waals surface area contributed by atoms with E-state index in [1.54, 1.807) is 0 Å². The van der Waals surface area contributed by atoms with E-state index in [2.05, 4.69) is 30.0 Å². The zero-order chi connectivity index (χ0) is 7.52. The van der Waals surface area contributed by atoms with Crippen LogP contribution in [-0.2, 0) is 0 Å². The van der Waals surface area contributed by atoms with Crippen molar-refractivity contribution < 1.29 is 0 Å². The molecule has 1 radical (unpaired) electrons. The lowest BCUT2D eigenvalue weighted by Crippen LogP contribution is -1.85. The summed E-state index contributed by atoms with van der Waals surface area (Å²) in [4.78, 5) is 0. The molecule has 1 fully saturated rings. The van der Waals surface area contributed by atoms with Crippen LogP contribution < -0.4 is 0 Å². The molecule has 0 bridgehead atoms. The molecule has 1 heteroatoms. The number of hydrogen-bond donors (Lipinski definition) is 0. The summed E-state index contributed by atoms with van der Waals surface area (Å²) in [7, 11) is 0. The molecule has 0 nitrogen and oxygen atoms in total. The Morgan fingerprint density at radius 3 is 2.82 bits per heavy atom. The van der Waals surface area contributed by atoms with Crippen LogP contribution in [0, 0.1) is 6.07 Å². The monoisotopic (exact) mass is 163 g/mol. The molecule has 0 saturated carbocycles. The van der Waals surface area contributed by atoms with Gasteiger partial charge in [-0.15, -0.1) is 0 Å². The summed E-state index contributed by atoms with van der Waals surface area (Å²) in [5, 5.41) is 0.768. The number of hydrogen-bond acceptors (Lipinski definition) is 1. The first-order valence-electron chi connectivity index (χ1n) is 4.04. The van der Waals surface area contributed by atoms with Crippen LogP contribution in [0.15, 0.2) is 24.3 Å². The Labute approximate surface area is 72.0 Å². The average Bonchev–Trinajstić information content (AvgIpc) is 2.58. The Bertz CT molecular complexity index is 212. The van der Waals surface area contributed by atoms with Gasteiger partial charge in [-0.2, -0.15) is 11.8 Å². The first kappa shape index (κ1) is 7.23. The maximum Gasteiger partial charge on any atom is 0.0297 e. The molecule has 1 aromatic rings. The summed E-state index contributed by atoms with van der Waals surface area (Å²) in [5.74, 6) is 1.34. The van der Waals surface area contributed by atoms with Crippen molar-refractivity contribution in [3.8, 4) is 0 Å². The van der Waals surface area contributed by atoms with Crippen LogP contribution in [0.3, 0.4) is 0 Å². The third kappa shape index (κ3) is 1.59. The molecule has 0 aliphatic carbocycles. The smallest absolute Gasteiger partial charge is 0.0297 e. The van der Waals surface area contributed by atoms with Gasteiger partial charge in [0.2, 0.25) is 0 Å². The number of thioether (sulfide) groups is 1. The highest BCUT2D eigenvalue weighted by atomic mass is 32.2. The molecule has 1 aliphatic heterocycles. The maximum absolute atomic E-state index is 3.05. The summed E-state index contributed by atoms with van der Waals surface area (Å²) in [6.45, 7) is 0. The summed E-state index contributed by atoms with van der Waals surface area (Å²) >= 11 is 2.08. The standard InChI is InChI=1S/C10H11S/c1-2-5-9(6-3-1)10-7-4-8-11-10/h2-3,5-6,10H,4,7-8H2. The third-order valence-corrected chi connectivity index (χ3v) is 3.48. The second-order valence-electron chi connectivity index (χ2n) is 2.83. The molecule has 0 spiro atoms. The second-order valence-corrected chi connectivity index (χ2v) is 4.15. The van der Waals surface area contributed by atoms with Crippen LogP contribution in [0.25, 0.3) is 0 Å². The molecule has 1 aliphatic rings. The van der Waals surface area contributed by atoms with Crippen LogP contribution in [0.4, 0.5) is 0 Å². The van der Waals surface area contributed by atoms with Crippen LogP contribution in [-0.4, -0.2) is 5.75 Å². The van der Waals surface area contributed by atoms with Gasteiger partial charge in [-0.05, 0) is 30.2 Å². The largest absolute Gasteiger partial charge is 0.154 e. The SMILES string of the molecule is [c]1ccc(C2CCCS2)cc1. The van der Waals surface area contributed by atoms with E-state index in [1.165, 1.54) is 24.2 Å². The predicted octanol–water partition coefficient (Wildman–Crippen LogP) is 3.05. The zero-order valence-electron chi connectivity index (χ0n) is 6.42. The predicted molar refractivity (Wildman–Crippen MR) is 49.7 cm³/mol. The molecule has 57 valence electrons. The molecule has 1 aromatic carbocycles. The van der Waals surface area contributed by atoms with Crippen LogP contribution in [0.2, 0.25) is 0 Å². The van der Waals surface area contributed by atoms with E-state index in [0.717, 1.165) is 5.25 Å². The fraction of sp³-hybridized carbons (Fsp3) is 0.400. The van der Waals surface area contributed by atoms with Crippen molar-refractivity contribution in [2.45, 2.75) is 18.1 Å². The van der Waals surface area contributed by atoms with E-state index in [-0.39, 0.29) is 0 Å². The Kier molecular flexibility index (Phi) is 2.18. The van der Waals surface area contributed by atoms with Gasteiger partial charge in [0.05, 0.1) is 0 Å². The highest BCUT2D eigenvalue weighted by molar-refractivity contribution is 7.99. The van der Waals surface area contributed by atoms with Crippen LogP contribution in [0.1, 0.15) is 23.7 Å². The minimum atomic E-state index is 0.768. The highest BCUT2D eigenvalue weighted by Crippen LogP contribution is 2.39. The van der Waals surface area contributed by atoms with Crippen molar-refractivity contribution in [2.75, 3.05) is 5.75 Å².